The van der Waals surface area contributed by atoms with Crippen molar-refractivity contribution in [2.75, 3.05) is 0 Å². The van der Waals surface area contributed by atoms with Crippen LogP contribution < -0.4 is 5.32 Å². The first kappa shape index (κ1) is 10.7. The Morgan fingerprint density at radius 1 is 1.50 bits per heavy atom. The molecule has 1 heterocycles. The molecule has 1 aromatic rings. The predicted molar refractivity (Wildman–Crippen MR) is 58.7 cm³/mol. The Morgan fingerprint density at radius 2 is 2.14 bits per heavy atom. The van der Waals surface area contributed by atoms with Gasteiger partial charge in [-0.3, -0.25) is 10.3 Å². The van der Waals surface area contributed by atoms with Gasteiger partial charge in [-0.2, -0.15) is 0 Å². The monoisotopic (exact) mass is 188 g/mol. The molecule has 0 saturated carbocycles. The standard InChI is InChI=1S/C12H16N2/c1-4-12(5-2)14-10(3)11-6-8-13-9-7-11/h1,6-10,12,14H,5H2,2-3H3/t10-,12?/m1/s1. The number of terminal acetylenes is 1. The van der Waals surface area contributed by atoms with E-state index in [-0.39, 0.29) is 12.1 Å². The van der Waals surface area contributed by atoms with Crippen LogP contribution in [0.15, 0.2) is 24.5 Å². The normalized spacial score (nSPS) is 14.4. The van der Waals surface area contributed by atoms with E-state index in [1.807, 2.05) is 12.1 Å². The molecule has 0 radical (unpaired) electrons. The van der Waals surface area contributed by atoms with Crippen molar-refractivity contribution in [1.29, 1.82) is 0 Å². The zero-order valence-corrected chi connectivity index (χ0v) is 8.70. The van der Waals surface area contributed by atoms with Crippen LogP contribution >= 0.6 is 0 Å². The van der Waals surface area contributed by atoms with E-state index in [4.69, 9.17) is 6.42 Å². The lowest BCUT2D eigenvalue weighted by Crippen LogP contribution is -2.29. The highest BCUT2D eigenvalue weighted by Gasteiger charge is 2.08. The highest BCUT2D eigenvalue weighted by atomic mass is 14.9. The van der Waals surface area contributed by atoms with Gasteiger partial charge in [0, 0.05) is 18.4 Å². The number of nitrogens with zero attached hydrogens (tertiary/aromatic N) is 1. The van der Waals surface area contributed by atoms with E-state index >= 15 is 0 Å². The summed E-state index contributed by atoms with van der Waals surface area (Å²) in [7, 11) is 0. The predicted octanol–water partition coefficient (Wildman–Crippen LogP) is 2.14. The van der Waals surface area contributed by atoms with Crippen molar-refractivity contribution < 1.29 is 0 Å². The molecule has 74 valence electrons. The van der Waals surface area contributed by atoms with Gasteiger partial charge in [0.05, 0.1) is 6.04 Å². The zero-order chi connectivity index (χ0) is 10.4. The Balaban J connectivity index is 2.59. The maximum absolute atomic E-state index is 5.38. The van der Waals surface area contributed by atoms with Crippen LogP contribution in [-0.4, -0.2) is 11.0 Å². The molecule has 2 nitrogen and oxygen atoms in total. The number of aromatic nitrogens is 1. The van der Waals surface area contributed by atoms with E-state index < -0.39 is 0 Å². The third-order valence-electron chi connectivity index (χ3n) is 2.27. The molecule has 0 saturated heterocycles. The Labute approximate surface area is 85.8 Å². The van der Waals surface area contributed by atoms with Crippen molar-refractivity contribution in [3.63, 3.8) is 0 Å². The molecule has 2 heteroatoms. The molecular formula is C12H16N2. The molecule has 1 unspecified atom stereocenters. The zero-order valence-electron chi connectivity index (χ0n) is 8.70. The van der Waals surface area contributed by atoms with Crippen LogP contribution in [0.2, 0.25) is 0 Å². The molecule has 0 aliphatic heterocycles. The first-order valence-electron chi connectivity index (χ1n) is 4.90. The molecule has 0 amide bonds. The van der Waals surface area contributed by atoms with Crippen molar-refractivity contribution in [1.82, 2.24) is 10.3 Å². The third kappa shape index (κ3) is 2.86. The number of hydrogen-bond donors (Lipinski definition) is 1. The summed E-state index contributed by atoms with van der Waals surface area (Å²) in [6.07, 6.45) is 9.93. The minimum Gasteiger partial charge on any atom is -0.297 e. The molecule has 2 atom stereocenters. The summed E-state index contributed by atoms with van der Waals surface area (Å²) >= 11 is 0. The Morgan fingerprint density at radius 3 is 2.64 bits per heavy atom. The topological polar surface area (TPSA) is 24.9 Å². The average Bonchev–Trinajstić information content (AvgIpc) is 2.26. The van der Waals surface area contributed by atoms with Gasteiger partial charge in [0.15, 0.2) is 0 Å². The first-order chi connectivity index (χ1) is 6.77. The molecule has 0 aliphatic carbocycles. The number of hydrogen-bond acceptors (Lipinski definition) is 2. The summed E-state index contributed by atoms with van der Waals surface area (Å²) in [4.78, 5) is 3.98. The van der Waals surface area contributed by atoms with Crippen LogP contribution in [0.5, 0.6) is 0 Å². The van der Waals surface area contributed by atoms with Gasteiger partial charge < -0.3 is 0 Å². The molecule has 0 bridgehead atoms. The van der Waals surface area contributed by atoms with Crippen molar-refractivity contribution in [3.05, 3.63) is 30.1 Å². The summed E-state index contributed by atoms with van der Waals surface area (Å²) in [6, 6.07) is 4.43. The number of pyridine rings is 1. The van der Waals surface area contributed by atoms with Crippen molar-refractivity contribution in [2.24, 2.45) is 0 Å². The SMILES string of the molecule is C#CC(CC)N[C@H](C)c1ccncc1. The van der Waals surface area contributed by atoms with Gasteiger partial charge in [-0.1, -0.05) is 12.8 Å². The van der Waals surface area contributed by atoms with Gasteiger partial charge in [0.1, 0.15) is 0 Å². The van der Waals surface area contributed by atoms with Gasteiger partial charge in [0.2, 0.25) is 0 Å². The molecule has 1 rings (SSSR count). The summed E-state index contributed by atoms with van der Waals surface area (Å²) in [6.45, 7) is 4.19. The van der Waals surface area contributed by atoms with E-state index in [1.54, 1.807) is 12.4 Å². The van der Waals surface area contributed by atoms with E-state index in [0.717, 1.165) is 6.42 Å². The fraction of sp³-hybridized carbons (Fsp3) is 0.417. The van der Waals surface area contributed by atoms with Crippen molar-refractivity contribution in [2.45, 2.75) is 32.4 Å². The molecule has 14 heavy (non-hydrogen) atoms. The van der Waals surface area contributed by atoms with Crippen molar-refractivity contribution >= 4 is 0 Å². The summed E-state index contributed by atoms with van der Waals surface area (Å²) in [5.74, 6) is 2.73. The highest BCUT2D eigenvalue weighted by molar-refractivity contribution is 5.15. The Hall–Kier alpha value is -1.33. The second-order valence-electron chi connectivity index (χ2n) is 3.30. The lowest BCUT2D eigenvalue weighted by molar-refractivity contribution is 0.512. The maximum atomic E-state index is 5.38. The Kier molecular flexibility index (Phi) is 4.15. The van der Waals surface area contributed by atoms with Gasteiger partial charge in [-0.05, 0) is 31.0 Å². The van der Waals surface area contributed by atoms with Gasteiger partial charge >= 0.3 is 0 Å². The van der Waals surface area contributed by atoms with E-state index in [9.17, 15) is 0 Å². The lowest BCUT2D eigenvalue weighted by Gasteiger charge is -2.18. The molecule has 1 N–H and O–H groups in total. The molecule has 0 fully saturated rings. The lowest BCUT2D eigenvalue weighted by atomic mass is 10.1. The van der Waals surface area contributed by atoms with Crippen LogP contribution in [-0.2, 0) is 0 Å². The smallest absolute Gasteiger partial charge is 0.0688 e. The van der Waals surface area contributed by atoms with Gasteiger partial charge in [-0.25, -0.2) is 0 Å². The second-order valence-corrected chi connectivity index (χ2v) is 3.30. The van der Waals surface area contributed by atoms with Gasteiger partial charge in [-0.15, -0.1) is 6.42 Å². The summed E-state index contributed by atoms with van der Waals surface area (Å²) in [5.41, 5.74) is 1.22. The molecule has 1 aromatic heterocycles. The van der Waals surface area contributed by atoms with E-state index in [2.05, 4.69) is 30.1 Å². The molecular weight excluding hydrogens is 172 g/mol. The second kappa shape index (κ2) is 5.41. The van der Waals surface area contributed by atoms with Gasteiger partial charge in [0.25, 0.3) is 0 Å². The molecule has 0 spiro atoms. The van der Waals surface area contributed by atoms with Crippen LogP contribution in [0.4, 0.5) is 0 Å². The minimum atomic E-state index is 0.151. The fourth-order valence-corrected chi connectivity index (χ4v) is 1.33. The Bertz CT molecular complexity index is 300. The fourth-order valence-electron chi connectivity index (χ4n) is 1.33. The largest absolute Gasteiger partial charge is 0.297 e. The van der Waals surface area contributed by atoms with Crippen LogP contribution in [0, 0.1) is 12.3 Å². The van der Waals surface area contributed by atoms with E-state index in [1.165, 1.54) is 5.56 Å². The summed E-state index contributed by atoms with van der Waals surface area (Å²) < 4.78 is 0. The third-order valence-corrected chi connectivity index (χ3v) is 2.27. The minimum absolute atomic E-state index is 0.151. The number of nitrogens with one attached hydrogen (secondary N) is 1. The first-order valence-corrected chi connectivity index (χ1v) is 4.90. The van der Waals surface area contributed by atoms with E-state index in [0.29, 0.717) is 0 Å². The van der Waals surface area contributed by atoms with Crippen LogP contribution in [0.1, 0.15) is 31.9 Å². The molecule has 0 aromatic carbocycles. The average molecular weight is 188 g/mol. The highest BCUT2D eigenvalue weighted by Crippen LogP contribution is 2.11. The van der Waals surface area contributed by atoms with Crippen LogP contribution in [0.25, 0.3) is 0 Å². The molecule has 0 aliphatic rings. The van der Waals surface area contributed by atoms with Crippen LogP contribution in [0.3, 0.4) is 0 Å². The quantitative estimate of drug-likeness (QED) is 0.732. The number of rotatable bonds is 4. The van der Waals surface area contributed by atoms with Crippen molar-refractivity contribution in [3.8, 4) is 12.3 Å². The summed E-state index contributed by atoms with van der Waals surface area (Å²) in [5, 5.41) is 3.37. The maximum Gasteiger partial charge on any atom is 0.0688 e.